The van der Waals surface area contributed by atoms with E-state index in [9.17, 15) is 4.79 Å². The number of likely N-dealkylation sites (tertiary alicyclic amines) is 1. The third-order valence-corrected chi connectivity index (χ3v) is 3.84. The summed E-state index contributed by atoms with van der Waals surface area (Å²) in [5, 5.41) is 3.21. The van der Waals surface area contributed by atoms with E-state index in [0.29, 0.717) is 17.2 Å². The quantitative estimate of drug-likeness (QED) is 0.872. The van der Waals surface area contributed by atoms with E-state index in [-0.39, 0.29) is 11.9 Å². The third kappa shape index (κ3) is 3.37. The van der Waals surface area contributed by atoms with Gasteiger partial charge in [-0.1, -0.05) is 0 Å². The molecule has 0 unspecified atom stereocenters. The lowest BCUT2D eigenvalue weighted by Crippen LogP contribution is -2.39. The van der Waals surface area contributed by atoms with Crippen molar-refractivity contribution in [3.8, 4) is 17.2 Å². The molecule has 0 aromatic heterocycles. The molecule has 0 saturated carbocycles. The zero-order valence-corrected chi connectivity index (χ0v) is 13.6. The molecule has 1 saturated heterocycles. The molecule has 0 aliphatic carbocycles. The Labute approximate surface area is 131 Å². The highest BCUT2D eigenvalue weighted by atomic mass is 16.5. The van der Waals surface area contributed by atoms with Gasteiger partial charge in [-0.2, -0.15) is 0 Å². The second-order valence-corrected chi connectivity index (χ2v) is 5.31. The van der Waals surface area contributed by atoms with E-state index < -0.39 is 0 Å². The molecular formula is C16H24N2O4. The molecule has 1 aromatic carbocycles. The van der Waals surface area contributed by atoms with E-state index in [0.717, 1.165) is 31.6 Å². The molecule has 2 rings (SSSR count). The number of carbonyl (C=O) groups is 1. The number of hydrogen-bond donors (Lipinski definition) is 1. The summed E-state index contributed by atoms with van der Waals surface area (Å²) in [5.74, 6) is 1.77. The van der Waals surface area contributed by atoms with Crippen LogP contribution in [0.4, 0.5) is 5.69 Å². The maximum atomic E-state index is 12.4. The molecule has 0 bridgehead atoms. The molecule has 122 valence electrons. The Morgan fingerprint density at radius 2 is 1.64 bits per heavy atom. The van der Waals surface area contributed by atoms with E-state index in [1.807, 2.05) is 11.8 Å². The van der Waals surface area contributed by atoms with Crippen molar-refractivity contribution < 1.29 is 19.0 Å². The second-order valence-electron chi connectivity index (χ2n) is 5.31. The average Bonchev–Trinajstić information content (AvgIpc) is 3.07. The number of rotatable bonds is 6. The Morgan fingerprint density at radius 3 is 2.09 bits per heavy atom. The SMILES string of the molecule is COc1cc(N[C@@H](C)C(=O)N2CCCC2)cc(OC)c1OC. The Morgan fingerprint density at radius 1 is 1.09 bits per heavy atom. The van der Waals surface area contributed by atoms with Crippen LogP contribution >= 0.6 is 0 Å². The summed E-state index contributed by atoms with van der Waals surface area (Å²) in [6.45, 7) is 3.56. The van der Waals surface area contributed by atoms with E-state index in [1.165, 1.54) is 0 Å². The van der Waals surface area contributed by atoms with E-state index in [1.54, 1.807) is 33.5 Å². The van der Waals surface area contributed by atoms with Crippen molar-refractivity contribution >= 4 is 11.6 Å². The van der Waals surface area contributed by atoms with Gasteiger partial charge in [0, 0.05) is 30.9 Å². The summed E-state index contributed by atoms with van der Waals surface area (Å²) < 4.78 is 15.9. The topological polar surface area (TPSA) is 60.0 Å². The second kappa shape index (κ2) is 7.24. The highest BCUT2D eigenvalue weighted by molar-refractivity contribution is 5.84. The fourth-order valence-corrected chi connectivity index (χ4v) is 2.69. The molecule has 1 atom stereocenters. The van der Waals surface area contributed by atoms with Gasteiger partial charge < -0.3 is 24.4 Å². The minimum Gasteiger partial charge on any atom is -0.493 e. The van der Waals surface area contributed by atoms with Crippen LogP contribution in [-0.2, 0) is 4.79 Å². The fraction of sp³-hybridized carbons (Fsp3) is 0.562. The van der Waals surface area contributed by atoms with Crippen molar-refractivity contribution in [1.82, 2.24) is 4.90 Å². The van der Waals surface area contributed by atoms with Crippen LogP contribution < -0.4 is 19.5 Å². The molecule has 1 heterocycles. The molecule has 6 heteroatoms. The van der Waals surface area contributed by atoms with Crippen molar-refractivity contribution in [2.45, 2.75) is 25.8 Å². The summed E-state index contributed by atoms with van der Waals surface area (Å²) in [7, 11) is 4.70. The number of nitrogens with one attached hydrogen (secondary N) is 1. The summed E-state index contributed by atoms with van der Waals surface area (Å²) in [5.41, 5.74) is 0.759. The van der Waals surface area contributed by atoms with Crippen molar-refractivity contribution in [1.29, 1.82) is 0 Å². The summed E-state index contributed by atoms with van der Waals surface area (Å²) in [4.78, 5) is 14.3. The van der Waals surface area contributed by atoms with Gasteiger partial charge in [-0.3, -0.25) is 4.79 Å². The van der Waals surface area contributed by atoms with Gasteiger partial charge in [-0.25, -0.2) is 0 Å². The number of hydrogen-bond acceptors (Lipinski definition) is 5. The maximum Gasteiger partial charge on any atom is 0.244 e. The van der Waals surface area contributed by atoms with Gasteiger partial charge in [0.25, 0.3) is 0 Å². The summed E-state index contributed by atoms with van der Waals surface area (Å²) in [6, 6.07) is 3.30. The molecule has 22 heavy (non-hydrogen) atoms. The number of carbonyl (C=O) groups excluding carboxylic acids is 1. The number of ether oxygens (including phenoxy) is 3. The van der Waals surface area contributed by atoms with Crippen LogP contribution in [0.2, 0.25) is 0 Å². The molecule has 6 nitrogen and oxygen atoms in total. The van der Waals surface area contributed by atoms with Crippen LogP contribution in [0.25, 0.3) is 0 Å². The summed E-state index contributed by atoms with van der Waals surface area (Å²) >= 11 is 0. The molecule has 0 radical (unpaired) electrons. The first-order valence-electron chi connectivity index (χ1n) is 7.46. The molecule has 1 aliphatic rings. The molecule has 1 fully saturated rings. The monoisotopic (exact) mass is 308 g/mol. The van der Waals surface area contributed by atoms with Gasteiger partial charge in [0.2, 0.25) is 11.7 Å². The maximum absolute atomic E-state index is 12.4. The smallest absolute Gasteiger partial charge is 0.244 e. The number of nitrogens with zero attached hydrogens (tertiary/aromatic N) is 1. The van der Waals surface area contributed by atoms with Crippen LogP contribution in [-0.4, -0.2) is 51.3 Å². The summed E-state index contributed by atoms with van der Waals surface area (Å²) in [6.07, 6.45) is 2.17. The highest BCUT2D eigenvalue weighted by Crippen LogP contribution is 2.40. The van der Waals surface area contributed by atoms with Crippen LogP contribution in [0.15, 0.2) is 12.1 Å². The zero-order chi connectivity index (χ0) is 16.1. The van der Waals surface area contributed by atoms with Crippen molar-refractivity contribution in [2.75, 3.05) is 39.7 Å². The molecule has 1 amide bonds. The molecule has 1 N–H and O–H groups in total. The first-order chi connectivity index (χ1) is 10.6. The Kier molecular flexibility index (Phi) is 5.35. The Bertz CT molecular complexity index is 502. The van der Waals surface area contributed by atoms with Crippen molar-refractivity contribution in [3.05, 3.63) is 12.1 Å². The van der Waals surface area contributed by atoms with Gasteiger partial charge >= 0.3 is 0 Å². The van der Waals surface area contributed by atoms with Gasteiger partial charge in [-0.05, 0) is 19.8 Å². The van der Waals surface area contributed by atoms with Gasteiger partial charge in [-0.15, -0.1) is 0 Å². The normalized spacial score (nSPS) is 15.4. The number of amides is 1. The van der Waals surface area contributed by atoms with E-state index in [4.69, 9.17) is 14.2 Å². The first kappa shape index (κ1) is 16.3. The highest BCUT2D eigenvalue weighted by Gasteiger charge is 2.23. The Hall–Kier alpha value is -2.11. The van der Waals surface area contributed by atoms with E-state index >= 15 is 0 Å². The zero-order valence-electron chi connectivity index (χ0n) is 13.6. The lowest BCUT2D eigenvalue weighted by Gasteiger charge is -2.22. The van der Waals surface area contributed by atoms with Crippen LogP contribution in [0.5, 0.6) is 17.2 Å². The van der Waals surface area contributed by atoms with Crippen LogP contribution in [0.3, 0.4) is 0 Å². The minimum absolute atomic E-state index is 0.117. The van der Waals surface area contributed by atoms with E-state index in [2.05, 4.69) is 5.32 Å². The number of anilines is 1. The van der Waals surface area contributed by atoms with Crippen LogP contribution in [0.1, 0.15) is 19.8 Å². The van der Waals surface area contributed by atoms with Gasteiger partial charge in [0.15, 0.2) is 11.5 Å². The van der Waals surface area contributed by atoms with Gasteiger partial charge in [0.1, 0.15) is 6.04 Å². The predicted molar refractivity (Wildman–Crippen MR) is 85.0 cm³/mol. The lowest BCUT2D eigenvalue weighted by molar-refractivity contribution is -0.130. The number of methoxy groups -OCH3 is 3. The first-order valence-corrected chi connectivity index (χ1v) is 7.46. The number of benzene rings is 1. The predicted octanol–water partition coefficient (Wildman–Crippen LogP) is 2.14. The average molecular weight is 308 g/mol. The van der Waals surface area contributed by atoms with Crippen LogP contribution in [0, 0.1) is 0 Å². The lowest BCUT2D eigenvalue weighted by atomic mass is 10.2. The molecular weight excluding hydrogens is 284 g/mol. The molecule has 1 aromatic rings. The minimum atomic E-state index is -0.305. The largest absolute Gasteiger partial charge is 0.493 e. The fourth-order valence-electron chi connectivity index (χ4n) is 2.69. The van der Waals surface area contributed by atoms with Crippen molar-refractivity contribution in [2.24, 2.45) is 0 Å². The standard InChI is InChI=1S/C16H24N2O4/c1-11(16(19)18-7-5-6-8-18)17-12-9-13(20-2)15(22-4)14(10-12)21-3/h9-11,17H,5-8H2,1-4H3/t11-/m0/s1. The Balaban J connectivity index is 2.16. The molecule has 1 aliphatic heterocycles. The van der Waals surface area contributed by atoms with Crippen molar-refractivity contribution in [3.63, 3.8) is 0 Å². The third-order valence-electron chi connectivity index (χ3n) is 3.84. The van der Waals surface area contributed by atoms with Gasteiger partial charge in [0.05, 0.1) is 21.3 Å². The molecule has 0 spiro atoms.